The molecule has 0 aromatic heterocycles. The largest absolute Gasteiger partial charge is 0.460 e. The van der Waals surface area contributed by atoms with Gasteiger partial charge in [-0.3, -0.25) is 0 Å². The van der Waals surface area contributed by atoms with Crippen LogP contribution in [0.4, 0.5) is 74.6 Å². The molecule has 0 bridgehead atoms. The number of alkyl halides is 17. The molecule has 29 heavy (non-hydrogen) atoms. The Labute approximate surface area is 158 Å². The molecule has 176 valence electrons. The molecule has 0 heterocycles. The minimum Gasteiger partial charge on any atom is -0.212 e. The lowest BCUT2D eigenvalue weighted by atomic mass is 9.91. The Morgan fingerprint density at radius 2 is 0.621 bits per heavy atom. The maximum absolute atomic E-state index is 13.1. The van der Waals surface area contributed by atoms with Gasteiger partial charge in [-0.2, -0.15) is 74.6 Å². The minimum atomic E-state index is -8.79. The van der Waals surface area contributed by atoms with Gasteiger partial charge >= 0.3 is 47.0 Å². The standard InChI is InChI=1S/C8F17IO2S/c9-1(10,3(13,14)5(17,18)7(21,22)23)2(11,12)4(15,16)6(19,20)8(24,25)29(26,27)28. The zero-order chi connectivity index (χ0) is 24.5. The quantitative estimate of drug-likeness (QED) is 0.210. The maximum Gasteiger partial charge on any atom is 0.460 e. The van der Waals surface area contributed by atoms with Crippen molar-refractivity contribution in [1.82, 2.24) is 0 Å². The lowest BCUT2D eigenvalue weighted by Gasteiger charge is -2.42. The second-order valence-corrected chi connectivity index (χ2v) is 9.77. The van der Waals surface area contributed by atoms with Crippen LogP contribution in [0.3, 0.4) is 0 Å². The molecular weight excluding hydrogens is 610 g/mol. The predicted molar refractivity (Wildman–Crippen MR) is 63.6 cm³/mol. The Morgan fingerprint density at radius 3 is 0.828 bits per heavy atom. The molecule has 0 aromatic rings. The summed E-state index contributed by atoms with van der Waals surface area (Å²) in [6, 6.07) is 0. The molecule has 0 fully saturated rings. The molecule has 0 N–H and O–H groups in total. The Kier molecular flexibility index (Phi) is 6.62. The van der Waals surface area contributed by atoms with E-state index < -0.39 is 75.2 Å². The lowest BCUT2D eigenvalue weighted by molar-refractivity contribution is -0.458. The Balaban J connectivity index is 6.90. The van der Waals surface area contributed by atoms with E-state index in [-0.39, 0.29) is 0 Å². The molecule has 0 aliphatic rings. The average molecular weight is 610 g/mol. The van der Waals surface area contributed by atoms with E-state index in [9.17, 15) is 83.1 Å². The van der Waals surface area contributed by atoms with Crippen molar-refractivity contribution in [3.63, 3.8) is 0 Å². The van der Waals surface area contributed by atoms with Gasteiger partial charge in [0.2, 0.25) is 0 Å². The van der Waals surface area contributed by atoms with E-state index in [1.54, 1.807) is 0 Å². The topological polar surface area (TPSA) is 34.1 Å². The van der Waals surface area contributed by atoms with Crippen LogP contribution in [0.25, 0.3) is 0 Å². The fourth-order valence-electron chi connectivity index (χ4n) is 1.30. The first-order valence-corrected chi connectivity index (χ1v) is 9.68. The first-order valence-electron chi connectivity index (χ1n) is 5.65. The van der Waals surface area contributed by atoms with Crippen LogP contribution >= 0.6 is 21.2 Å². The van der Waals surface area contributed by atoms with Crippen LogP contribution in [-0.2, 0) is 7.01 Å². The van der Waals surface area contributed by atoms with Crippen molar-refractivity contribution < 1.29 is 83.1 Å². The van der Waals surface area contributed by atoms with Gasteiger partial charge in [-0.1, -0.05) is 0 Å². The van der Waals surface area contributed by atoms with Crippen molar-refractivity contribution in [2.75, 3.05) is 0 Å². The third-order valence-corrected chi connectivity index (χ3v) is 5.53. The number of hydrogen-bond acceptors (Lipinski definition) is 2. The van der Waals surface area contributed by atoms with Crippen LogP contribution in [0, 0.1) is 0 Å². The molecular formula is C8F17IO2S. The molecule has 0 rings (SSSR count). The zero-order valence-electron chi connectivity index (χ0n) is 12.0. The van der Waals surface area contributed by atoms with E-state index in [0.717, 1.165) is 0 Å². The van der Waals surface area contributed by atoms with Crippen LogP contribution in [-0.4, -0.2) is 55.4 Å². The smallest absolute Gasteiger partial charge is 0.212 e. The Bertz CT molecular complexity index is 735. The highest BCUT2D eigenvalue weighted by molar-refractivity contribution is 14.2. The summed E-state index contributed by atoms with van der Waals surface area (Å²) in [5, 5.41) is -7.41. The molecule has 0 spiro atoms. The summed E-state index contributed by atoms with van der Waals surface area (Å²) >= 11 is -0.767. The summed E-state index contributed by atoms with van der Waals surface area (Å²) < 4.78 is 237. The molecule has 2 nitrogen and oxygen atoms in total. The van der Waals surface area contributed by atoms with E-state index in [0.29, 0.717) is 0 Å². The molecule has 0 unspecified atom stereocenters. The molecule has 0 aliphatic heterocycles. The summed E-state index contributed by atoms with van der Waals surface area (Å²) in [4.78, 5) is 0. The third-order valence-electron chi connectivity index (χ3n) is 3.00. The SMILES string of the molecule is O=S(=O)(I)C(F)(F)C(F)(F)C(F)(F)C(F)(F)C(F)(F)C(F)(F)C(F)(F)C(F)(F)F. The molecule has 21 heteroatoms. The van der Waals surface area contributed by atoms with Crippen LogP contribution < -0.4 is 0 Å². The minimum absolute atomic E-state index is 0.767. The molecule has 0 atom stereocenters. The number of rotatable bonds is 7. The maximum atomic E-state index is 13.1. The molecule has 0 saturated carbocycles. The van der Waals surface area contributed by atoms with Crippen LogP contribution in [0.2, 0.25) is 0 Å². The van der Waals surface area contributed by atoms with E-state index in [1.165, 1.54) is 0 Å². The van der Waals surface area contributed by atoms with Crippen LogP contribution in [0.5, 0.6) is 0 Å². The summed E-state index contributed by atoms with van der Waals surface area (Å²) in [5.41, 5.74) is 0. The van der Waals surface area contributed by atoms with Gasteiger partial charge in [0, 0.05) is 0 Å². The van der Waals surface area contributed by atoms with Crippen molar-refractivity contribution in [1.29, 1.82) is 0 Å². The van der Waals surface area contributed by atoms with Crippen molar-refractivity contribution in [2.24, 2.45) is 0 Å². The summed E-state index contributed by atoms with van der Waals surface area (Å²) in [6.07, 6.45) is -7.84. The predicted octanol–water partition coefficient (Wildman–Crippen LogP) is 5.72. The number of halogens is 18. The fraction of sp³-hybridized carbons (Fsp3) is 1.00. The van der Waals surface area contributed by atoms with Crippen molar-refractivity contribution in [3.05, 3.63) is 0 Å². The van der Waals surface area contributed by atoms with Gasteiger partial charge in [0.1, 0.15) is 0 Å². The van der Waals surface area contributed by atoms with Crippen molar-refractivity contribution >= 4 is 28.2 Å². The van der Waals surface area contributed by atoms with E-state index in [4.69, 9.17) is 0 Å². The van der Waals surface area contributed by atoms with E-state index in [2.05, 4.69) is 0 Å². The highest BCUT2D eigenvalue weighted by Gasteiger charge is 2.96. The normalized spacial score (nSPS) is 16.9. The molecule has 0 saturated heterocycles. The second kappa shape index (κ2) is 6.74. The van der Waals surface area contributed by atoms with Gasteiger partial charge in [0.05, 0.1) is 21.2 Å². The molecule has 0 radical (unpaired) electrons. The van der Waals surface area contributed by atoms with Gasteiger partial charge < -0.3 is 0 Å². The molecule has 0 aliphatic carbocycles. The van der Waals surface area contributed by atoms with Crippen LogP contribution in [0.15, 0.2) is 0 Å². The zero-order valence-corrected chi connectivity index (χ0v) is 15.0. The van der Waals surface area contributed by atoms with Gasteiger partial charge in [-0.15, -0.1) is 0 Å². The molecule has 0 amide bonds. The number of hydrogen-bond donors (Lipinski definition) is 0. The van der Waals surface area contributed by atoms with Crippen molar-refractivity contribution in [3.8, 4) is 0 Å². The van der Waals surface area contributed by atoms with E-state index in [1.807, 2.05) is 0 Å². The summed E-state index contributed by atoms with van der Waals surface area (Å²) in [7, 11) is -6.92. The van der Waals surface area contributed by atoms with Gasteiger partial charge in [-0.05, 0) is 0 Å². The van der Waals surface area contributed by atoms with Gasteiger partial charge in [-0.25, -0.2) is 8.42 Å². The average Bonchev–Trinajstić information content (AvgIpc) is 2.43. The second-order valence-electron chi connectivity index (χ2n) is 4.90. The van der Waals surface area contributed by atoms with E-state index >= 15 is 0 Å². The van der Waals surface area contributed by atoms with Gasteiger partial charge in [0.25, 0.3) is 7.01 Å². The van der Waals surface area contributed by atoms with Gasteiger partial charge in [0.15, 0.2) is 0 Å². The first kappa shape index (κ1) is 28.5. The summed E-state index contributed by atoms with van der Waals surface area (Å²) in [6.45, 7) is 0. The summed E-state index contributed by atoms with van der Waals surface area (Å²) in [5.74, 6) is -51.3. The lowest BCUT2D eigenvalue weighted by Crippen LogP contribution is -2.74. The van der Waals surface area contributed by atoms with Crippen molar-refractivity contribution in [2.45, 2.75) is 47.0 Å². The highest BCUT2D eigenvalue weighted by Crippen LogP contribution is 2.64. The Morgan fingerprint density at radius 1 is 0.414 bits per heavy atom. The third kappa shape index (κ3) is 3.49. The molecule has 0 aromatic carbocycles. The van der Waals surface area contributed by atoms with Crippen LogP contribution in [0.1, 0.15) is 0 Å². The monoisotopic (exact) mass is 610 g/mol. The highest BCUT2D eigenvalue weighted by atomic mass is 127. The Hall–Kier alpha value is -0.510. The first-order chi connectivity index (χ1) is 12.0. The fourth-order valence-corrected chi connectivity index (χ4v) is 2.57.